The number of nitrogens with zero attached hydrogens (tertiary/aromatic N) is 2. The van der Waals surface area contributed by atoms with E-state index in [0.29, 0.717) is 31.4 Å². The molecule has 9 heteroatoms. The molecule has 25 heavy (non-hydrogen) atoms. The molecule has 0 aromatic heterocycles. The van der Waals surface area contributed by atoms with E-state index in [4.69, 9.17) is 23.2 Å². The second kappa shape index (κ2) is 7.26. The van der Waals surface area contributed by atoms with Gasteiger partial charge in [0.2, 0.25) is 0 Å². The Morgan fingerprint density at radius 1 is 1.20 bits per heavy atom. The van der Waals surface area contributed by atoms with Crippen molar-refractivity contribution in [3.05, 3.63) is 73.1 Å². The van der Waals surface area contributed by atoms with E-state index in [1.165, 1.54) is 12.1 Å². The summed E-state index contributed by atoms with van der Waals surface area (Å²) in [6.07, 6.45) is 1.56. The number of aliphatic imine (C=N–C) groups is 1. The minimum Gasteiger partial charge on any atom is -0.300 e. The van der Waals surface area contributed by atoms with Gasteiger partial charge in [0.25, 0.3) is 11.6 Å². The third-order valence-electron chi connectivity index (χ3n) is 3.18. The summed E-state index contributed by atoms with van der Waals surface area (Å²) < 4.78 is 0. The molecule has 1 N–H and O–H groups in total. The van der Waals surface area contributed by atoms with Crippen LogP contribution in [0, 0.1) is 10.1 Å². The Morgan fingerprint density at radius 2 is 1.96 bits per heavy atom. The molecule has 0 spiro atoms. The molecular weight excluding hydrogens is 385 g/mol. The number of thioether (sulfide) groups is 1. The standard InChI is InChI=1S/C16H9Cl2N3O3S/c17-11-5-2-6-12(14(11)18)19-16-20-15(22)13(25-16)8-9-3-1-4-10(7-9)21(23)24/h1-8H,(H,19,20,22). The summed E-state index contributed by atoms with van der Waals surface area (Å²) in [4.78, 5) is 27.1. The predicted molar refractivity (Wildman–Crippen MR) is 100 cm³/mol. The van der Waals surface area contributed by atoms with Crippen molar-refractivity contribution in [1.82, 2.24) is 5.32 Å². The maximum Gasteiger partial charge on any atom is 0.270 e. The lowest BCUT2D eigenvalue weighted by Gasteiger charge is -2.00. The summed E-state index contributed by atoms with van der Waals surface area (Å²) >= 11 is 13.1. The SMILES string of the molecule is O=C1NC(=Nc2cccc(Cl)c2Cl)SC1=Cc1cccc([N+](=O)[O-])c1. The maximum atomic E-state index is 12.1. The van der Waals surface area contributed by atoms with E-state index in [0.717, 1.165) is 11.8 Å². The number of hydrogen-bond donors (Lipinski definition) is 1. The number of benzene rings is 2. The molecule has 126 valence electrons. The van der Waals surface area contributed by atoms with Gasteiger partial charge in [-0.2, -0.15) is 0 Å². The van der Waals surface area contributed by atoms with E-state index in [-0.39, 0.29) is 11.6 Å². The molecule has 0 atom stereocenters. The highest BCUT2D eigenvalue weighted by molar-refractivity contribution is 8.18. The van der Waals surface area contributed by atoms with Gasteiger partial charge < -0.3 is 5.32 Å². The largest absolute Gasteiger partial charge is 0.300 e. The monoisotopic (exact) mass is 393 g/mol. The first-order chi connectivity index (χ1) is 11.9. The van der Waals surface area contributed by atoms with Crippen LogP contribution in [0.25, 0.3) is 6.08 Å². The van der Waals surface area contributed by atoms with Crippen LogP contribution in [-0.2, 0) is 4.79 Å². The summed E-state index contributed by atoms with van der Waals surface area (Å²) in [5.41, 5.74) is 0.944. The predicted octanol–water partition coefficient (Wildman–Crippen LogP) is 4.79. The zero-order chi connectivity index (χ0) is 18.0. The fourth-order valence-corrected chi connectivity index (χ4v) is 3.22. The smallest absolute Gasteiger partial charge is 0.270 e. The third kappa shape index (κ3) is 4.01. The van der Waals surface area contributed by atoms with Crippen molar-refractivity contribution < 1.29 is 9.72 Å². The van der Waals surface area contributed by atoms with Gasteiger partial charge in [0.15, 0.2) is 5.17 Å². The first-order valence-corrected chi connectivity index (χ1v) is 8.49. The zero-order valence-corrected chi connectivity index (χ0v) is 14.7. The van der Waals surface area contributed by atoms with Crippen molar-refractivity contribution >= 4 is 63.5 Å². The van der Waals surface area contributed by atoms with Gasteiger partial charge in [0.1, 0.15) is 0 Å². The Balaban J connectivity index is 1.87. The van der Waals surface area contributed by atoms with Gasteiger partial charge >= 0.3 is 0 Å². The molecule has 1 fully saturated rings. The van der Waals surface area contributed by atoms with Crippen LogP contribution in [0.15, 0.2) is 52.4 Å². The van der Waals surface area contributed by atoms with Gasteiger partial charge in [-0.25, -0.2) is 4.99 Å². The third-order valence-corrected chi connectivity index (χ3v) is 4.90. The fraction of sp³-hybridized carbons (Fsp3) is 0. The lowest BCUT2D eigenvalue weighted by Crippen LogP contribution is -2.19. The van der Waals surface area contributed by atoms with Gasteiger partial charge in [0, 0.05) is 12.1 Å². The second-order valence-electron chi connectivity index (χ2n) is 4.91. The normalized spacial score (nSPS) is 17.1. The highest BCUT2D eigenvalue weighted by Gasteiger charge is 2.24. The van der Waals surface area contributed by atoms with E-state index in [1.807, 2.05) is 0 Å². The van der Waals surface area contributed by atoms with Crippen molar-refractivity contribution in [1.29, 1.82) is 0 Å². The van der Waals surface area contributed by atoms with Crippen LogP contribution in [0.3, 0.4) is 0 Å². The van der Waals surface area contributed by atoms with Gasteiger partial charge in [-0.3, -0.25) is 14.9 Å². The number of hydrogen-bond acceptors (Lipinski definition) is 5. The number of amides is 1. The van der Waals surface area contributed by atoms with Crippen molar-refractivity contribution in [2.75, 3.05) is 0 Å². The van der Waals surface area contributed by atoms with E-state index in [9.17, 15) is 14.9 Å². The molecule has 1 heterocycles. The Bertz CT molecular complexity index is 944. The van der Waals surface area contributed by atoms with Crippen molar-refractivity contribution in [2.45, 2.75) is 0 Å². The number of halogens is 2. The molecule has 1 saturated heterocycles. The Kier molecular flexibility index (Phi) is 5.08. The van der Waals surface area contributed by atoms with Crippen LogP contribution in [-0.4, -0.2) is 16.0 Å². The number of nitro groups is 1. The number of carbonyl (C=O) groups is 1. The van der Waals surface area contributed by atoms with Gasteiger partial charge in [0.05, 0.1) is 25.6 Å². The van der Waals surface area contributed by atoms with Crippen LogP contribution >= 0.6 is 35.0 Å². The number of non-ortho nitro benzene ring substituents is 1. The zero-order valence-electron chi connectivity index (χ0n) is 12.4. The first kappa shape index (κ1) is 17.5. The highest BCUT2D eigenvalue weighted by atomic mass is 35.5. The highest BCUT2D eigenvalue weighted by Crippen LogP contribution is 2.34. The molecule has 6 nitrogen and oxygen atoms in total. The molecule has 0 aliphatic carbocycles. The fourth-order valence-electron chi connectivity index (χ4n) is 2.05. The summed E-state index contributed by atoms with van der Waals surface area (Å²) in [5.74, 6) is -0.339. The number of nitro benzene ring substituents is 1. The number of nitrogens with one attached hydrogen (secondary N) is 1. The Morgan fingerprint density at radius 3 is 2.72 bits per heavy atom. The molecule has 3 rings (SSSR count). The first-order valence-electron chi connectivity index (χ1n) is 6.92. The van der Waals surface area contributed by atoms with Crippen LogP contribution in [0.1, 0.15) is 5.56 Å². The van der Waals surface area contributed by atoms with E-state index in [2.05, 4.69) is 10.3 Å². The molecule has 1 aliphatic rings. The molecular formula is C16H9Cl2N3O3S. The van der Waals surface area contributed by atoms with E-state index in [1.54, 1.807) is 36.4 Å². The molecule has 2 aromatic carbocycles. The van der Waals surface area contributed by atoms with Gasteiger partial charge in [-0.05, 0) is 35.5 Å². The molecule has 1 aliphatic heterocycles. The van der Waals surface area contributed by atoms with Crippen LogP contribution in [0.2, 0.25) is 10.0 Å². The Labute approximate surface area is 156 Å². The Hall–Kier alpha value is -2.35. The van der Waals surface area contributed by atoms with Gasteiger partial charge in [-0.15, -0.1) is 0 Å². The molecule has 0 unspecified atom stereocenters. The van der Waals surface area contributed by atoms with E-state index >= 15 is 0 Å². The summed E-state index contributed by atoms with van der Waals surface area (Å²) in [5, 5.41) is 14.5. The second-order valence-corrected chi connectivity index (χ2v) is 6.72. The molecule has 2 aromatic rings. The van der Waals surface area contributed by atoms with Crippen molar-refractivity contribution in [3.63, 3.8) is 0 Å². The topological polar surface area (TPSA) is 84.6 Å². The maximum absolute atomic E-state index is 12.1. The van der Waals surface area contributed by atoms with Crippen molar-refractivity contribution in [2.24, 2.45) is 4.99 Å². The van der Waals surface area contributed by atoms with Gasteiger partial charge in [-0.1, -0.05) is 41.4 Å². The van der Waals surface area contributed by atoms with E-state index < -0.39 is 4.92 Å². The molecule has 0 radical (unpaired) electrons. The summed E-state index contributed by atoms with van der Waals surface area (Å²) in [7, 11) is 0. The van der Waals surface area contributed by atoms with Crippen molar-refractivity contribution in [3.8, 4) is 0 Å². The average molecular weight is 394 g/mol. The van der Waals surface area contributed by atoms with Crippen LogP contribution in [0.5, 0.6) is 0 Å². The quantitative estimate of drug-likeness (QED) is 0.461. The minimum absolute atomic E-state index is 0.0441. The number of rotatable bonds is 3. The summed E-state index contributed by atoms with van der Waals surface area (Å²) in [6, 6.07) is 11.0. The molecule has 1 amide bonds. The molecule has 0 bridgehead atoms. The minimum atomic E-state index is -0.488. The van der Waals surface area contributed by atoms with Crippen LogP contribution in [0.4, 0.5) is 11.4 Å². The average Bonchev–Trinajstić information content (AvgIpc) is 2.91. The summed E-state index contributed by atoms with van der Waals surface area (Å²) in [6.45, 7) is 0. The molecule has 0 saturated carbocycles. The lowest BCUT2D eigenvalue weighted by molar-refractivity contribution is -0.384. The lowest BCUT2D eigenvalue weighted by atomic mass is 10.2. The van der Waals surface area contributed by atoms with Crippen LogP contribution < -0.4 is 5.32 Å². The number of amidine groups is 1. The number of carbonyl (C=O) groups excluding carboxylic acids is 1.